The molecule has 1 atom stereocenters. The third kappa shape index (κ3) is 5.75. The van der Waals surface area contributed by atoms with E-state index < -0.39 is 11.9 Å². The zero-order chi connectivity index (χ0) is 17.9. The largest absolute Gasteiger partial charge is 0.435 e. The molecule has 0 aromatic carbocycles. The highest BCUT2D eigenvalue weighted by molar-refractivity contribution is 14.0. The maximum atomic E-state index is 12.9. The molecule has 1 aromatic heterocycles. The third-order valence-electron chi connectivity index (χ3n) is 3.81. The molecule has 2 N–H and O–H groups in total. The smallest absolute Gasteiger partial charge is 0.352 e. The highest BCUT2D eigenvalue weighted by atomic mass is 127. The van der Waals surface area contributed by atoms with Crippen LogP contribution in [0.2, 0.25) is 0 Å². The van der Waals surface area contributed by atoms with E-state index in [2.05, 4.69) is 20.7 Å². The number of hydrogen-bond donors (Lipinski definition) is 2. The summed E-state index contributed by atoms with van der Waals surface area (Å²) in [5.74, 6) is 0.473. The van der Waals surface area contributed by atoms with E-state index in [4.69, 9.17) is 0 Å². The minimum absolute atomic E-state index is 0. The van der Waals surface area contributed by atoms with Gasteiger partial charge in [0.1, 0.15) is 0 Å². The Morgan fingerprint density at radius 2 is 2.12 bits per heavy atom. The van der Waals surface area contributed by atoms with Crippen molar-refractivity contribution in [3.63, 3.8) is 0 Å². The second-order valence-corrected chi connectivity index (χ2v) is 5.75. The molecule has 0 saturated carbocycles. The number of aliphatic imine (C=N–C) groups is 1. The Morgan fingerprint density at radius 3 is 2.68 bits per heavy atom. The minimum atomic E-state index is -4.50. The van der Waals surface area contributed by atoms with Crippen molar-refractivity contribution < 1.29 is 18.0 Å². The monoisotopic (exact) mass is 474 g/mol. The molecule has 1 aliphatic heterocycles. The first-order valence-electron chi connectivity index (χ1n) is 7.51. The van der Waals surface area contributed by atoms with Crippen LogP contribution in [0.15, 0.2) is 11.2 Å². The van der Waals surface area contributed by atoms with Crippen LogP contribution in [-0.2, 0) is 24.6 Å². The molecular formula is C14H22F3IN6O. The van der Waals surface area contributed by atoms with Gasteiger partial charge in [-0.15, -0.1) is 24.0 Å². The number of likely N-dealkylation sites (N-methyl/N-ethyl adjacent to an activating group) is 1. The molecule has 1 saturated heterocycles. The lowest BCUT2D eigenvalue weighted by Crippen LogP contribution is -2.51. The molecular weight excluding hydrogens is 452 g/mol. The van der Waals surface area contributed by atoms with Gasteiger partial charge in [-0.05, 0) is 6.42 Å². The maximum Gasteiger partial charge on any atom is 0.435 e. The van der Waals surface area contributed by atoms with E-state index in [0.717, 1.165) is 4.68 Å². The Labute approximate surface area is 161 Å². The molecule has 0 aliphatic carbocycles. The Bertz CT molecular complexity index is 631. The Morgan fingerprint density at radius 1 is 1.44 bits per heavy atom. The van der Waals surface area contributed by atoms with E-state index >= 15 is 0 Å². The van der Waals surface area contributed by atoms with E-state index in [1.54, 1.807) is 19.0 Å². The molecule has 1 aliphatic rings. The molecule has 142 valence electrons. The van der Waals surface area contributed by atoms with E-state index in [-0.39, 0.29) is 48.0 Å². The molecule has 1 fully saturated rings. The number of piperidine rings is 1. The first-order valence-corrected chi connectivity index (χ1v) is 7.51. The highest BCUT2D eigenvalue weighted by Gasteiger charge is 2.36. The number of alkyl halides is 3. The topological polar surface area (TPSA) is 74.5 Å². The number of aromatic nitrogens is 2. The number of nitrogens with one attached hydrogen (secondary N) is 2. The second-order valence-electron chi connectivity index (χ2n) is 5.75. The minimum Gasteiger partial charge on any atom is -0.352 e. The molecule has 2 heterocycles. The summed E-state index contributed by atoms with van der Waals surface area (Å²) in [6, 6.07) is 0.00915. The molecule has 11 heteroatoms. The fourth-order valence-corrected chi connectivity index (χ4v) is 2.60. The lowest BCUT2D eigenvalue weighted by molar-refractivity contribution is -0.142. The second kappa shape index (κ2) is 8.72. The van der Waals surface area contributed by atoms with Crippen LogP contribution in [0.3, 0.4) is 0 Å². The number of rotatable bonds is 3. The van der Waals surface area contributed by atoms with E-state index in [1.165, 1.54) is 13.2 Å². The Kier molecular flexibility index (Phi) is 7.50. The van der Waals surface area contributed by atoms with Crippen molar-refractivity contribution in [3.05, 3.63) is 17.5 Å². The van der Waals surface area contributed by atoms with Crippen molar-refractivity contribution in [2.75, 3.05) is 20.6 Å². The van der Waals surface area contributed by atoms with Crippen LogP contribution in [0.1, 0.15) is 24.1 Å². The van der Waals surface area contributed by atoms with Crippen molar-refractivity contribution >= 4 is 35.8 Å². The molecule has 7 nitrogen and oxygen atoms in total. The van der Waals surface area contributed by atoms with Gasteiger partial charge in [-0.2, -0.15) is 18.3 Å². The summed E-state index contributed by atoms with van der Waals surface area (Å²) in [4.78, 5) is 17.1. The molecule has 1 amide bonds. The van der Waals surface area contributed by atoms with Crippen LogP contribution in [0.25, 0.3) is 0 Å². The van der Waals surface area contributed by atoms with Crippen LogP contribution in [0, 0.1) is 0 Å². The summed E-state index contributed by atoms with van der Waals surface area (Å²) in [7, 11) is 4.71. The number of aryl methyl sites for hydroxylation is 1. The van der Waals surface area contributed by atoms with Gasteiger partial charge in [-0.25, -0.2) is 0 Å². The molecule has 2 rings (SSSR count). The molecule has 0 radical (unpaired) electrons. The van der Waals surface area contributed by atoms with Crippen LogP contribution in [-0.4, -0.2) is 53.2 Å². The summed E-state index contributed by atoms with van der Waals surface area (Å²) in [5, 5.41) is 9.46. The van der Waals surface area contributed by atoms with Gasteiger partial charge < -0.3 is 15.5 Å². The van der Waals surface area contributed by atoms with Gasteiger partial charge in [-0.3, -0.25) is 14.5 Å². The van der Waals surface area contributed by atoms with Gasteiger partial charge in [0.2, 0.25) is 5.91 Å². The quantitative estimate of drug-likeness (QED) is 0.394. The van der Waals surface area contributed by atoms with Crippen molar-refractivity contribution in [1.29, 1.82) is 0 Å². The van der Waals surface area contributed by atoms with Crippen LogP contribution < -0.4 is 10.6 Å². The summed E-state index contributed by atoms with van der Waals surface area (Å²) in [6.07, 6.45) is -2.08. The standard InChI is InChI=1S/C14H21F3N6O.HI/c1-18-13(20-10-4-5-11(24)22(2)8-10)19-6-9-7-23(3)21-12(9)14(15,16)17;/h7,10H,4-6,8H2,1-3H3,(H2,18,19,20);1H. The lowest BCUT2D eigenvalue weighted by atomic mass is 10.1. The predicted molar refractivity (Wildman–Crippen MR) is 97.6 cm³/mol. The van der Waals surface area contributed by atoms with Gasteiger partial charge in [0.15, 0.2) is 11.7 Å². The summed E-state index contributed by atoms with van der Waals surface area (Å²) >= 11 is 0. The van der Waals surface area contributed by atoms with E-state index in [0.29, 0.717) is 25.3 Å². The number of nitrogens with zero attached hydrogens (tertiary/aromatic N) is 4. The molecule has 0 bridgehead atoms. The van der Waals surface area contributed by atoms with Crippen molar-refractivity contribution in [1.82, 2.24) is 25.3 Å². The molecule has 1 unspecified atom stereocenters. The number of guanidine groups is 1. The number of carbonyl (C=O) groups is 1. The average Bonchev–Trinajstić information content (AvgIpc) is 2.88. The van der Waals surface area contributed by atoms with Crippen LogP contribution >= 0.6 is 24.0 Å². The van der Waals surface area contributed by atoms with Crippen LogP contribution in [0.4, 0.5) is 13.2 Å². The Balaban J connectivity index is 0.00000312. The van der Waals surface area contributed by atoms with E-state index in [9.17, 15) is 18.0 Å². The van der Waals surface area contributed by atoms with Gasteiger partial charge >= 0.3 is 6.18 Å². The fraction of sp³-hybridized carbons (Fsp3) is 0.643. The number of carbonyl (C=O) groups excluding carboxylic acids is 1. The van der Waals surface area contributed by atoms with Crippen molar-refractivity contribution in [3.8, 4) is 0 Å². The number of amides is 1. The summed E-state index contributed by atoms with van der Waals surface area (Å²) in [6.45, 7) is 0.476. The van der Waals surface area contributed by atoms with Crippen molar-refractivity contribution in [2.24, 2.45) is 12.0 Å². The highest BCUT2D eigenvalue weighted by Crippen LogP contribution is 2.30. The van der Waals surface area contributed by atoms with Crippen LogP contribution in [0.5, 0.6) is 0 Å². The fourth-order valence-electron chi connectivity index (χ4n) is 2.60. The maximum absolute atomic E-state index is 12.9. The number of likely N-dealkylation sites (tertiary alicyclic amines) is 1. The van der Waals surface area contributed by atoms with Gasteiger partial charge in [-0.1, -0.05) is 0 Å². The normalized spacial score (nSPS) is 18.8. The number of hydrogen-bond acceptors (Lipinski definition) is 3. The van der Waals surface area contributed by atoms with Gasteiger partial charge in [0, 0.05) is 58.5 Å². The lowest BCUT2D eigenvalue weighted by Gasteiger charge is -2.31. The summed E-state index contributed by atoms with van der Waals surface area (Å²) in [5.41, 5.74) is -0.861. The zero-order valence-corrected chi connectivity index (χ0v) is 16.6. The SMILES string of the molecule is CN=C(NCc1cn(C)nc1C(F)(F)F)NC1CCC(=O)N(C)C1.I. The number of halogens is 4. The third-order valence-corrected chi connectivity index (χ3v) is 3.81. The Hall–Kier alpha value is -1.53. The van der Waals surface area contributed by atoms with Gasteiger partial charge in [0.05, 0.1) is 0 Å². The molecule has 0 spiro atoms. The predicted octanol–water partition coefficient (Wildman–Crippen LogP) is 1.34. The van der Waals surface area contributed by atoms with Crippen molar-refractivity contribution in [2.45, 2.75) is 31.6 Å². The van der Waals surface area contributed by atoms with E-state index in [1.807, 2.05) is 0 Å². The molecule has 1 aromatic rings. The molecule has 25 heavy (non-hydrogen) atoms. The first kappa shape index (κ1) is 21.5. The first-order chi connectivity index (χ1) is 11.2. The zero-order valence-electron chi connectivity index (χ0n) is 14.2. The van der Waals surface area contributed by atoms with Gasteiger partial charge in [0.25, 0.3) is 0 Å². The average molecular weight is 474 g/mol. The summed E-state index contributed by atoms with van der Waals surface area (Å²) < 4.78 is 39.9.